The fraction of sp³-hybridized carbons (Fsp3) is 0.0556. The van der Waals surface area contributed by atoms with Gasteiger partial charge in [-0.25, -0.2) is 14.0 Å². The summed E-state index contributed by atoms with van der Waals surface area (Å²) in [5.74, 6) is -2.12. The summed E-state index contributed by atoms with van der Waals surface area (Å²) in [6, 6.07) is 10.2. The number of nitrogens with zero attached hydrogens (tertiary/aromatic N) is 3. The van der Waals surface area contributed by atoms with E-state index in [1.807, 2.05) is 0 Å². The molecule has 136 valence electrons. The molecule has 0 N–H and O–H groups in total. The Morgan fingerprint density at radius 2 is 1.52 bits per heavy atom. The first-order chi connectivity index (χ1) is 12.8. The minimum Gasteiger partial charge on any atom is -0.268 e. The first-order valence-electron chi connectivity index (χ1n) is 7.68. The lowest BCUT2D eigenvalue weighted by molar-refractivity contribution is -0.141. The summed E-state index contributed by atoms with van der Waals surface area (Å²) in [6.07, 6.45) is -3.68. The van der Waals surface area contributed by atoms with Gasteiger partial charge in [-0.15, -0.1) is 0 Å². The van der Waals surface area contributed by atoms with Gasteiger partial charge in [0.2, 0.25) is 0 Å². The number of aromatic nitrogens is 2. The molecule has 9 heteroatoms. The molecule has 0 radical (unpaired) electrons. The molecule has 5 nitrogen and oxygen atoms in total. The van der Waals surface area contributed by atoms with Crippen LogP contribution in [-0.2, 0) is 6.18 Å². The Morgan fingerprint density at radius 1 is 0.889 bits per heavy atom. The van der Waals surface area contributed by atoms with Crippen LogP contribution in [-0.4, -0.2) is 21.6 Å². The van der Waals surface area contributed by atoms with Gasteiger partial charge < -0.3 is 0 Å². The van der Waals surface area contributed by atoms with E-state index in [-0.39, 0.29) is 22.5 Å². The third-order valence-electron chi connectivity index (χ3n) is 4.11. The van der Waals surface area contributed by atoms with Crippen molar-refractivity contribution in [1.29, 1.82) is 0 Å². The van der Waals surface area contributed by atoms with Gasteiger partial charge in [-0.1, -0.05) is 12.1 Å². The highest BCUT2D eigenvalue weighted by Gasteiger charge is 2.37. The SMILES string of the molecule is O=C1c2ccccc2C(=O)N1c1ccc(-n2ccc(C(F)(F)F)n2)c(F)c1. The van der Waals surface area contributed by atoms with E-state index in [2.05, 4.69) is 5.10 Å². The molecule has 0 fully saturated rings. The molecule has 0 unspecified atom stereocenters. The Kier molecular flexibility index (Phi) is 3.62. The van der Waals surface area contributed by atoms with E-state index in [9.17, 15) is 27.2 Å². The highest BCUT2D eigenvalue weighted by atomic mass is 19.4. The van der Waals surface area contributed by atoms with Gasteiger partial charge >= 0.3 is 6.18 Å². The van der Waals surface area contributed by atoms with Gasteiger partial charge in [0.1, 0.15) is 5.69 Å². The molecule has 2 amide bonds. The van der Waals surface area contributed by atoms with E-state index in [0.717, 1.165) is 34.0 Å². The zero-order valence-electron chi connectivity index (χ0n) is 13.4. The van der Waals surface area contributed by atoms with Gasteiger partial charge in [-0.05, 0) is 30.3 Å². The Balaban J connectivity index is 1.70. The minimum atomic E-state index is -4.65. The Morgan fingerprint density at radius 3 is 2.04 bits per heavy atom. The van der Waals surface area contributed by atoms with Crippen LogP contribution in [0.25, 0.3) is 5.69 Å². The molecule has 1 aliphatic rings. The quantitative estimate of drug-likeness (QED) is 0.505. The van der Waals surface area contributed by atoms with Gasteiger partial charge in [0, 0.05) is 12.3 Å². The molecule has 0 saturated carbocycles. The van der Waals surface area contributed by atoms with Crippen LogP contribution in [0.4, 0.5) is 23.2 Å². The van der Waals surface area contributed by atoms with Crippen LogP contribution in [0.3, 0.4) is 0 Å². The monoisotopic (exact) mass is 375 g/mol. The van der Waals surface area contributed by atoms with Crippen molar-refractivity contribution in [3.63, 3.8) is 0 Å². The van der Waals surface area contributed by atoms with Crippen molar-refractivity contribution in [2.24, 2.45) is 0 Å². The second-order valence-electron chi connectivity index (χ2n) is 5.77. The number of rotatable bonds is 2. The van der Waals surface area contributed by atoms with Crippen molar-refractivity contribution >= 4 is 17.5 Å². The molecular weight excluding hydrogens is 366 g/mol. The van der Waals surface area contributed by atoms with Crippen LogP contribution < -0.4 is 4.90 Å². The molecule has 4 rings (SSSR count). The van der Waals surface area contributed by atoms with Crippen LogP contribution in [0.1, 0.15) is 26.4 Å². The molecule has 0 spiro atoms. The minimum absolute atomic E-state index is 0.0225. The first-order valence-corrected chi connectivity index (χ1v) is 7.68. The van der Waals surface area contributed by atoms with Crippen LogP contribution in [0.15, 0.2) is 54.7 Å². The molecule has 27 heavy (non-hydrogen) atoms. The molecule has 1 aromatic heterocycles. The summed E-state index contributed by atoms with van der Waals surface area (Å²) in [4.78, 5) is 25.7. The molecule has 0 atom stereocenters. The van der Waals surface area contributed by atoms with Gasteiger partial charge in [-0.3, -0.25) is 9.59 Å². The van der Waals surface area contributed by atoms with Crippen LogP contribution >= 0.6 is 0 Å². The zero-order valence-corrected chi connectivity index (χ0v) is 13.4. The molecule has 2 heterocycles. The number of fused-ring (bicyclic) bond motifs is 1. The third-order valence-corrected chi connectivity index (χ3v) is 4.11. The van der Waals surface area contributed by atoms with Gasteiger partial charge in [-0.2, -0.15) is 18.3 Å². The van der Waals surface area contributed by atoms with Crippen LogP contribution in [0, 0.1) is 5.82 Å². The standard InChI is InChI=1S/C18H9F4N3O2/c19-13-9-10(25-16(26)11-3-1-2-4-12(11)17(25)27)5-6-14(13)24-8-7-15(23-24)18(20,21)22/h1-9H. The van der Waals surface area contributed by atoms with E-state index >= 15 is 0 Å². The van der Waals surface area contributed by atoms with Gasteiger partial charge in [0.15, 0.2) is 11.5 Å². The summed E-state index contributed by atoms with van der Waals surface area (Å²) in [5, 5.41) is 3.31. The number of carbonyl (C=O) groups excluding carboxylic acids is 2. The number of carbonyl (C=O) groups is 2. The van der Waals surface area contributed by atoms with Crippen molar-refractivity contribution in [2.45, 2.75) is 6.18 Å². The average Bonchev–Trinajstić information content (AvgIpc) is 3.20. The zero-order chi connectivity index (χ0) is 19.3. The number of anilines is 1. The van der Waals surface area contributed by atoms with E-state index in [4.69, 9.17) is 0 Å². The Bertz CT molecular complexity index is 1050. The average molecular weight is 375 g/mol. The summed E-state index contributed by atoms with van der Waals surface area (Å²) in [5.41, 5.74) is -1.02. The summed E-state index contributed by atoms with van der Waals surface area (Å²) in [7, 11) is 0. The Labute approximate surface area is 149 Å². The highest BCUT2D eigenvalue weighted by molar-refractivity contribution is 6.34. The van der Waals surface area contributed by atoms with Crippen molar-refractivity contribution in [3.8, 4) is 5.69 Å². The maximum Gasteiger partial charge on any atom is 0.435 e. The number of benzene rings is 2. The van der Waals surface area contributed by atoms with E-state index in [0.29, 0.717) is 0 Å². The number of alkyl halides is 3. The van der Waals surface area contributed by atoms with Crippen molar-refractivity contribution < 1.29 is 27.2 Å². The largest absolute Gasteiger partial charge is 0.435 e. The second-order valence-corrected chi connectivity index (χ2v) is 5.77. The fourth-order valence-corrected chi connectivity index (χ4v) is 2.85. The lowest BCUT2D eigenvalue weighted by atomic mass is 10.1. The van der Waals surface area contributed by atoms with E-state index in [1.54, 1.807) is 12.1 Å². The summed E-state index contributed by atoms with van der Waals surface area (Å²) >= 11 is 0. The van der Waals surface area contributed by atoms with Crippen molar-refractivity contribution in [3.05, 3.63) is 77.4 Å². The topological polar surface area (TPSA) is 55.2 Å². The van der Waals surface area contributed by atoms with Crippen LogP contribution in [0.2, 0.25) is 0 Å². The number of imide groups is 1. The Hall–Kier alpha value is -3.49. The fourth-order valence-electron chi connectivity index (χ4n) is 2.85. The second kappa shape index (κ2) is 5.76. The number of halogens is 4. The molecule has 3 aromatic rings. The molecule has 1 aliphatic heterocycles. The van der Waals surface area contributed by atoms with E-state index < -0.39 is 29.5 Å². The predicted octanol–water partition coefficient (Wildman–Crippen LogP) is 3.83. The van der Waals surface area contributed by atoms with E-state index in [1.165, 1.54) is 18.2 Å². The van der Waals surface area contributed by atoms with Crippen molar-refractivity contribution in [2.75, 3.05) is 4.90 Å². The third kappa shape index (κ3) is 2.67. The number of amides is 2. The smallest absolute Gasteiger partial charge is 0.268 e. The molecular formula is C18H9F4N3O2. The van der Waals surface area contributed by atoms with Crippen molar-refractivity contribution in [1.82, 2.24) is 9.78 Å². The number of hydrogen-bond acceptors (Lipinski definition) is 3. The first kappa shape index (κ1) is 17.0. The normalized spacial score (nSPS) is 14.0. The maximum atomic E-state index is 14.5. The number of hydrogen-bond donors (Lipinski definition) is 0. The van der Waals surface area contributed by atoms with Gasteiger partial charge in [0.05, 0.1) is 16.8 Å². The summed E-state index contributed by atoms with van der Waals surface area (Å²) < 4.78 is 53.2. The molecule has 0 bridgehead atoms. The van der Waals surface area contributed by atoms with Gasteiger partial charge in [0.25, 0.3) is 11.8 Å². The molecule has 0 saturated heterocycles. The molecule has 2 aromatic carbocycles. The maximum absolute atomic E-state index is 14.5. The summed E-state index contributed by atoms with van der Waals surface area (Å²) in [6.45, 7) is 0. The van der Waals surface area contributed by atoms with Crippen LogP contribution in [0.5, 0.6) is 0 Å². The predicted molar refractivity (Wildman–Crippen MR) is 86.1 cm³/mol. The molecule has 0 aliphatic carbocycles. The lowest BCUT2D eigenvalue weighted by Gasteiger charge is -2.15. The highest BCUT2D eigenvalue weighted by Crippen LogP contribution is 2.31. The lowest BCUT2D eigenvalue weighted by Crippen LogP contribution is -2.29.